The third-order valence-electron chi connectivity index (χ3n) is 2.82. The summed E-state index contributed by atoms with van der Waals surface area (Å²) >= 11 is 0. The monoisotopic (exact) mass is 328 g/mol. The molecule has 0 unspecified atom stereocenters. The quantitative estimate of drug-likeness (QED) is 0.856. The van der Waals surface area contributed by atoms with Gasteiger partial charge in [0.25, 0.3) is 10.1 Å². The lowest BCUT2D eigenvalue weighted by molar-refractivity contribution is -0.137. The Morgan fingerprint density at radius 2 is 1.73 bits per heavy atom. The third kappa shape index (κ3) is 2.93. The van der Waals surface area contributed by atoms with Crippen molar-refractivity contribution >= 4 is 10.1 Å². The lowest BCUT2D eigenvalue weighted by atomic mass is 9.96. The molecule has 0 fully saturated rings. The SMILES string of the molecule is N#Cc1ccc(S(=O)(=O)O)c(-c2ccncc2)c1C(F)(F)F. The Labute approximate surface area is 123 Å². The van der Waals surface area contributed by atoms with E-state index in [0.29, 0.717) is 6.07 Å². The van der Waals surface area contributed by atoms with Crippen LogP contribution in [-0.4, -0.2) is 18.0 Å². The molecule has 0 aliphatic rings. The van der Waals surface area contributed by atoms with Gasteiger partial charge in [-0.1, -0.05) is 0 Å². The van der Waals surface area contributed by atoms with Crippen LogP contribution in [0.5, 0.6) is 0 Å². The van der Waals surface area contributed by atoms with Crippen molar-refractivity contribution in [2.24, 2.45) is 0 Å². The van der Waals surface area contributed by atoms with E-state index in [4.69, 9.17) is 5.26 Å². The number of nitrogens with zero attached hydrogens (tertiary/aromatic N) is 2. The Kier molecular flexibility index (Phi) is 3.91. The van der Waals surface area contributed by atoms with Crippen LogP contribution in [-0.2, 0) is 16.3 Å². The van der Waals surface area contributed by atoms with E-state index >= 15 is 0 Å². The van der Waals surface area contributed by atoms with E-state index in [1.165, 1.54) is 18.5 Å². The molecular formula is C13H7F3N2O3S. The van der Waals surface area contributed by atoms with Crippen LogP contribution in [0, 0.1) is 11.3 Å². The van der Waals surface area contributed by atoms with Gasteiger partial charge in [-0.15, -0.1) is 0 Å². The van der Waals surface area contributed by atoms with Crippen LogP contribution in [0.4, 0.5) is 13.2 Å². The zero-order chi connectivity index (χ0) is 16.5. The highest BCUT2D eigenvalue weighted by Gasteiger charge is 2.39. The molecule has 0 aliphatic carbocycles. The lowest BCUT2D eigenvalue weighted by Crippen LogP contribution is -2.14. The third-order valence-corrected chi connectivity index (χ3v) is 3.71. The van der Waals surface area contributed by atoms with Crippen molar-refractivity contribution in [3.05, 3.63) is 47.8 Å². The van der Waals surface area contributed by atoms with E-state index in [1.807, 2.05) is 0 Å². The van der Waals surface area contributed by atoms with Crippen molar-refractivity contribution in [2.45, 2.75) is 11.1 Å². The number of benzene rings is 1. The molecule has 0 spiro atoms. The van der Waals surface area contributed by atoms with Gasteiger partial charge in [-0.05, 0) is 29.8 Å². The standard InChI is InChI=1S/C13H7F3N2O3S/c14-13(15,16)12-9(7-17)1-2-10(22(19,20)21)11(12)8-3-5-18-6-4-8/h1-6H,(H,19,20,21). The van der Waals surface area contributed by atoms with E-state index in [2.05, 4.69) is 4.98 Å². The maximum atomic E-state index is 13.3. The molecule has 2 aromatic rings. The first-order valence-electron chi connectivity index (χ1n) is 5.68. The molecule has 9 heteroatoms. The van der Waals surface area contributed by atoms with Crippen LogP contribution in [0.25, 0.3) is 11.1 Å². The number of halogens is 3. The number of rotatable bonds is 2. The molecule has 1 aromatic carbocycles. The molecule has 0 aliphatic heterocycles. The van der Waals surface area contributed by atoms with Crippen molar-refractivity contribution in [3.8, 4) is 17.2 Å². The van der Waals surface area contributed by atoms with Gasteiger partial charge < -0.3 is 0 Å². The number of aromatic nitrogens is 1. The normalized spacial score (nSPS) is 12.0. The van der Waals surface area contributed by atoms with E-state index in [1.54, 1.807) is 0 Å². The Bertz CT molecular complexity index is 857. The highest BCUT2D eigenvalue weighted by molar-refractivity contribution is 7.86. The molecular weight excluding hydrogens is 321 g/mol. The van der Waals surface area contributed by atoms with Gasteiger partial charge in [0.2, 0.25) is 0 Å². The molecule has 22 heavy (non-hydrogen) atoms. The van der Waals surface area contributed by atoms with Crippen molar-refractivity contribution in [1.82, 2.24) is 4.98 Å². The summed E-state index contributed by atoms with van der Waals surface area (Å²) in [5.41, 5.74) is -3.08. The smallest absolute Gasteiger partial charge is 0.282 e. The Hall–Kier alpha value is -2.44. The van der Waals surface area contributed by atoms with Crippen LogP contribution in [0.15, 0.2) is 41.6 Å². The lowest BCUT2D eigenvalue weighted by Gasteiger charge is -2.17. The van der Waals surface area contributed by atoms with Crippen molar-refractivity contribution < 1.29 is 26.1 Å². The van der Waals surface area contributed by atoms with Crippen LogP contribution in [0.2, 0.25) is 0 Å². The Balaban J connectivity index is 3.02. The first-order valence-corrected chi connectivity index (χ1v) is 7.12. The summed E-state index contributed by atoms with van der Waals surface area (Å²) in [7, 11) is -4.92. The maximum Gasteiger partial charge on any atom is 0.418 e. The van der Waals surface area contributed by atoms with Gasteiger partial charge in [0, 0.05) is 18.0 Å². The van der Waals surface area contributed by atoms with E-state index in [-0.39, 0.29) is 5.56 Å². The van der Waals surface area contributed by atoms with Gasteiger partial charge in [0.05, 0.1) is 17.2 Å². The predicted octanol–water partition coefficient (Wildman–Crippen LogP) is 2.89. The topological polar surface area (TPSA) is 91.0 Å². The van der Waals surface area contributed by atoms with Gasteiger partial charge >= 0.3 is 6.18 Å². The van der Waals surface area contributed by atoms with Crippen LogP contribution < -0.4 is 0 Å². The number of alkyl halides is 3. The summed E-state index contributed by atoms with van der Waals surface area (Å²) in [4.78, 5) is 2.71. The fourth-order valence-corrected chi connectivity index (χ4v) is 2.71. The fourth-order valence-electron chi connectivity index (χ4n) is 1.99. The number of nitriles is 1. The second-order valence-corrected chi connectivity index (χ2v) is 5.57. The first-order chi connectivity index (χ1) is 10.2. The van der Waals surface area contributed by atoms with Gasteiger partial charge in [0.15, 0.2) is 0 Å². The second-order valence-electron chi connectivity index (χ2n) is 4.18. The zero-order valence-electron chi connectivity index (χ0n) is 10.7. The summed E-state index contributed by atoms with van der Waals surface area (Å²) in [6.45, 7) is 0. The molecule has 0 atom stereocenters. The van der Waals surface area contributed by atoms with E-state index in [0.717, 1.165) is 18.2 Å². The second kappa shape index (κ2) is 5.40. The molecule has 0 saturated carbocycles. The average molecular weight is 328 g/mol. The number of hydrogen-bond donors (Lipinski definition) is 1. The van der Waals surface area contributed by atoms with Gasteiger partial charge in [-0.2, -0.15) is 26.9 Å². The molecule has 1 N–H and O–H groups in total. The molecule has 1 heterocycles. The highest BCUT2D eigenvalue weighted by Crippen LogP contribution is 2.42. The van der Waals surface area contributed by atoms with Crippen LogP contribution in [0.3, 0.4) is 0 Å². The summed E-state index contributed by atoms with van der Waals surface area (Å²) in [6, 6.07) is 5.15. The van der Waals surface area contributed by atoms with Gasteiger partial charge in [0.1, 0.15) is 4.90 Å². The number of pyridine rings is 1. The minimum absolute atomic E-state index is 0.132. The molecule has 5 nitrogen and oxygen atoms in total. The highest BCUT2D eigenvalue weighted by atomic mass is 32.2. The molecule has 0 saturated heterocycles. The maximum absolute atomic E-state index is 13.3. The summed E-state index contributed by atoms with van der Waals surface area (Å²) in [6.07, 6.45) is -2.64. The van der Waals surface area contributed by atoms with Crippen LogP contribution in [0.1, 0.15) is 11.1 Å². The molecule has 0 amide bonds. The minimum atomic E-state index is -4.98. The largest absolute Gasteiger partial charge is 0.418 e. The zero-order valence-corrected chi connectivity index (χ0v) is 11.5. The summed E-state index contributed by atoms with van der Waals surface area (Å²) < 4.78 is 71.9. The van der Waals surface area contributed by atoms with Gasteiger partial charge in [-0.3, -0.25) is 9.54 Å². The van der Waals surface area contributed by atoms with Crippen molar-refractivity contribution in [1.29, 1.82) is 5.26 Å². The molecule has 0 radical (unpaired) electrons. The fraction of sp³-hybridized carbons (Fsp3) is 0.0769. The Morgan fingerprint density at radius 1 is 1.14 bits per heavy atom. The van der Waals surface area contributed by atoms with Gasteiger partial charge in [-0.25, -0.2) is 0 Å². The van der Waals surface area contributed by atoms with Crippen LogP contribution >= 0.6 is 0 Å². The van der Waals surface area contributed by atoms with E-state index in [9.17, 15) is 26.1 Å². The van der Waals surface area contributed by atoms with Crippen molar-refractivity contribution in [2.75, 3.05) is 0 Å². The van der Waals surface area contributed by atoms with E-state index < -0.39 is 37.9 Å². The molecule has 114 valence electrons. The average Bonchev–Trinajstić information content (AvgIpc) is 2.44. The first kappa shape index (κ1) is 15.9. The Morgan fingerprint density at radius 3 is 2.18 bits per heavy atom. The predicted molar refractivity (Wildman–Crippen MR) is 69.2 cm³/mol. The minimum Gasteiger partial charge on any atom is -0.282 e. The molecule has 0 bridgehead atoms. The summed E-state index contributed by atoms with van der Waals surface area (Å²) in [5, 5.41) is 8.87. The summed E-state index contributed by atoms with van der Waals surface area (Å²) in [5.74, 6) is 0. The molecule has 2 rings (SSSR count). The van der Waals surface area contributed by atoms with Crippen molar-refractivity contribution in [3.63, 3.8) is 0 Å². The molecule has 1 aromatic heterocycles. The number of hydrogen-bond acceptors (Lipinski definition) is 4.